The summed E-state index contributed by atoms with van der Waals surface area (Å²) in [6, 6.07) is 0. The molecule has 122 valence electrons. The first-order valence-electron chi connectivity index (χ1n) is 7.10. The molecule has 1 aromatic rings. The molecule has 6 nitrogen and oxygen atoms in total. The van der Waals surface area contributed by atoms with E-state index in [-0.39, 0.29) is 24.0 Å². The van der Waals surface area contributed by atoms with E-state index in [0.717, 1.165) is 37.7 Å². The first-order valence-corrected chi connectivity index (χ1v) is 7.10. The molecule has 0 unspecified atom stereocenters. The standard InChI is InChI=1S/C14H27N5O.HI/c1-6-7-16-14(15-4)17-10-13-11(2)18-19(12(13)3)8-9-20-5;/h6-10H2,1-5H3,(H2,15,16,17);1H. The van der Waals surface area contributed by atoms with Gasteiger partial charge in [-0.25, -0.2) is 0 Å². The Hall–Kier alpha value is -0.830. The summed E-state index contributed by atoms with van der Waals surface area (Å²) in [6.07, 6.45) is 1.08. The lowest BCUT2D eigenvalue weighted by Crippen LogP contribution is -2.37. The first kappa shape index (κ1) is 20.2. The van der Waals surface area contributed by atoms with Crippen molar-refractivity contribution in [3.63, 3.8) is 0 Å². The van der Waals surface area contributed by atoms with E-state index in [1.807, 2.05) is 11.6 Å². The molecule has 0 radical (unpaired) electrons. The average molecular weight is 409 g/mol. The zero-order valence-corrected chi connectivity index (χ0v) is 16.0. The van der Waals surface area contributed by atoms with Gasteiger partial charge in [-0.3, -0.25) is 9.67 Å². The summed E-state index contributed by atoms with van der Waals surface area (Å²) >= 11 is 0. The highest BCUT2D eigenvalue weighted by Gasteiger charge is 2.11. The molecule has 1 aromatic heterocycles. The van der Waals surface area contributed by atoms with Crippen LogP contribution in [0.4, 0.5) is 0 Å². The van der Waals surface area contributed by atoms with Crippen LogP contribution in [-0.2, 0) is 17.8 Å². The van der Waals surface area contributed by atoms with Crippen LogP contribution < -0.4 is 10.6 Å². The fourth-order valence-electron chi connectivity index (χ4n) is 2.02. The van der Waals surface area contributed by atoms with Gasteiger partial charge in [-0.2, -0.15) is 5.10 Å². The molecule has 0 spiro atoms. The molecule has 0 aromatic carbocycles. The number of aryl methyl sites for hydroxylation is 1. The smallest absolute Gasteiger partial charge is 0.191 e. The molecule has 0 aliphatic heterocycles. The topological polar surface area (TPSA) is 63.5 Å². The van der Waals surface area contributed by atoms with E-state index in [0.29, 0.717) is 6.61 Å². The van der Waals surface area contributed by atoms with Crippen LogP contribution in [0.25, 0.3) is 0 Å². The van der Waals surface area contributed by atoms with Crippen molar-refractivity contribution in [3.8, 4) is 0 Å². The van der Waals surface area contributed by atoms with Crippen LogP contribution in [0.1, 0.15) is 30.3 Å². The molecule has 21 heavy (non-hydrogen) atoms. The summed E-state index contributed by atoms with van der Waals surface area (Å²) in [6.45, 7) is 9.37. The summed E-state index contributed by atoms with van der Waals surface area (Å²) in [5.41, 5.74) is 3.45. The third-order valence-corrected chi connectivity index (χ3v) is 3.24. The Morgan fingerprint density at radius 1 is 1.33 bits per heavy atom. The number of aromatic nitrogens is 2. The molecular weight excluding hydrogens is 381 g/mol. The van der Waals surface area contributed by atoms with E-state index in [4.69, 9.17) is 4.74 Å². The summed E-state index contributed by atoms with van der Waals surface area (Å²) in [5.74, 6) is 0.829. The molecule has 0 amide bonds. The largest absolute Gasteiger partial charge is 0.383 e. The summed E-state index contributed by atoms with van der Waals surface area (Å²) in [4.78, 5) is 4.20. The minimum absolute atomic E-state index is 0. The second kappa shape index (κ2) is 10.8. The number of methoxy groups -OCH3 is 1. The van der Waals surface area contributed by atoms with Crippen LogP contribution in [0.3, 0.4) is 0 Å². The number of hydrogen-bond acceptors (Lipinski definition) is 3. The zero-order valence-electron chi connectivity index (χ0n) is 13.7. The van der Waals surface area contributed by atoms with E-state index >= 15 is 0 Å². The Morgan fingerprint density at radius 2 is 2.05 bits per heavy atom. The van der Waals surface area contributed by atoms with Crippen molar-refractivity contribution >= 4 is 29.9 Å². The van der Waals surface area contributed by atoms with Crippen molar-refractivity contribution in [1.82, 2.24) is 20.4 Å². The van der Waals surface area contributed by atoms with E-state index in [9.17, 15) is 0 Å². The number of ether oxygens (including phenoxy) is 1. The molecule has 0 aliphatic carbocycles. The SMILES string of the molecule is CCCNC(=NC)NCc1c(C)nn(CCOC)c1C.I. The Balaban J connectivity index is 0.00000400. The van der Waals surface area contributed by atoms with Gasteiger partial charge in [0.15, 0.2) is 5.96 Å². The van der Waals surface area contributed by atoms with Crippen molar-refractivity contribution in [2.24, 2.45) is 4.99 Å². The zero-order chi connectivity index (χ0) is 15.0. The third kappa shape index (κ3) is 6.21. The Morgan fingerprint density at radius 3 is 2.62 bits per heavy atom. The molecule has 0 aliphatic rings. The molecule has 0 bridgehead atoms. The highest BCUT2D eigenvalue weighted by Crippen LogP contribution is 2.12. The number of aliphatic imine (C=N–C) groups is 1. The Labute approximate surface area is 144 Å². The van der Waals surface area contributed by atoms with Crippen LogP contribution in [0.15, 0.2) is 4.99 Å². The number of guanidine groups is 1. The van der Waals surface area contributed by atoms with E-state index < -0.39 is 0 Å². The predicted molar refractivity (Wildman–Crippen MR) is 97.5 cm³/mol. The molecule has 0 saturated carbocycles. The highest BCUT2D eigenvalue weighted by atomic mass is 127. The van der Waals surface area contributed by atoms with Crippen molar-refractivity contribution in [2.45, 2.75) is 40.3 Å². The van der Waals surface area contributed by atoms with E-state index in [2.05, 4.69) is 34.6 Å². The molecule has 1 heterocycles. The second-order valence-electron chi connectivity index (χ2n) is 4.72. The van der Waals surface area contributed by atoms with Crippen molar-refractivity contribution in [3.05, 3.63) is 17.0 Å². The van der Waals surface area contributed by atoms with Gasteiger partial charge >= 0.3 is 0 Å². The van der Waals surface area contributed by atoms with Gasteiger partial charge in [0.2, 0.25) is 0 Å². The number of nitrogens with one attached hydrogen (secondary N) is 2. The van der Waals surface area contributed by atoms with Gasteiger partial charge in [0.05, 0.1) is 18.8 Å². The van der Waals surface area contributed by atoms with Crippen LogP contribution in [0, 0.1) is 13.8 Å². The minimum Gasteiger partial charge on any atom is -0.383 e. The van der Waals surface area contributed by atoms with Crippen LogP contribution in [-0.4, -0.2) is 43.0 Å². The first-order chi connectivity index (χ1) is 9.63. The second-order valence-corrected chi connectivity index (χ2v) is 4.72. The molecule has 0 saturated heterocycles. The van der Waals surface area contributed by atoms with Crippen molar-refractivity contribution in [1.29, 1.82) is 0 Å². The van der Waals surface area contributed by atoms with Crippen LogP contribution in [0.5, 0.6) is 0 Å². The highest BCUT2D eigenvalue weighted by molar-refractivity contribution is 14.0. The van der Waals surface area contributed by atoms with Gasteiger partial charge in [0, 0.05) is 38.5 Å². The molecule has 1 rings (SSSR count). The Bertz CT molecular complexity index is 445. The van der Waals surface area contributed by atoms with Crippen LogP contribution >= 0.6 is 24.0 Å². The number of nitrogens with zero attached hydrogens (tertiary/aromatic N) is 3. The fraction of sp³-hybridized carbons (Fsp3) is 0.714. The third-order valence-electron chi connectivity index (χ3n) is 3.24. The van der Waals surface area contributed by atoms with Gasteiger partial charge in [-0.05, 0) is 20.3 Å². The number of halogens is 1. The molecule has 0 fully saturated rings. The normalized spacial score (nSPS) is 11.2. The van der Waals surface area contributed by atoms with E-state index in [1.165, 1.54) is 11.3 Å². The predicted octanol–water partition coefficient (Wildman–Crippen LogP) is 1.84. The average Bonchev–Trinajstić information content (AvgIpc) is 2.72. The van der Waals surface area contributed by atoms with Crippen molar-refractivity contribution < 1.29 is 4.74 Å². The lowest BCUT2D eigenvalue weighted by atomic mass is 10.2. The monoisotopic (exact) mass is 409 g/mol. The molecule has 2 N–H and O–H groups in total. The van der Waals surface area contributed by atoms with Crippen LogP contribution in [0.2, 0.25) is 0 Å². The van der Waals surface area contributed by atoms with Gasteiger partial charge < -0.3 is 15.4 Å². The molecule has 0 atom stereocenters. The van der Waals surface area contributed by atoms with Gasteiger partial charge in [0.1, 0.15) is 0 Å². The maximum absolute atomic E-state index is 5.10. The quantitative estimate of drug-likeness (QED) is 0.410. The Kier molecular flexibility index (Phi) is 10.4. The molecular formula is C14H28IN5O. The van der Waals surface area contributed by atoms with Gasteiger partial charge in [-0.15, -0.1) is 24.0 Å². The lowest BCUT2D eigenvalue weighted by molar-refractivity contribution is 0.182. The molecule has 7 heteroatoms. The fourth-order valence-corrected chi connectivity index (χ4v) is 2.02. The summed E-state index contributed by atoms with van der Waals surface area (Å²) in [7, 11) is 3.49. The van der Waals surface area contributed by atoms with E-state index in [1.54, 1.807) is 14.2 Å². The number of rotatable bonds is 7. The van der Waals surface area contributed by atoms with Gasteiger partial charge in [0.25, 0.3) is 0 Å². The number of hydrogen-bond donors (Lipinski definition) is 2. The lowest BCUT2D eigenvalue weighted by Gasteiger charge is -2.11. The summed E-state index contributed by atoms with van der Waals surface area (Å²) < 4.78 is 7.10. The van der Waals surface area contributed by atoms with Gasteiger partial charge in [-0.1, -0.05) is 6.92 Å². The summed E-state index contributed by atoms with van der Waals surface area (Å²) in [5, 5.41) is 11.1. The maximum Gasteiger partial charge on any atom is 0.191 e. The van der Waals surface area contributed by atoms with Crippen molar-refractivity contribution in [2.75, 3.05) is 27.3 Å². The maximum atomic E-state index is 5.10. The minimum atomic E-state index is 0.